The minimum atomic E-state index is -3.79. The Morgan fingerprint density at radius 3 is 2.31 bits per heavy atom. The van der Waals surface area contributed by atoms with Crippen molar-refractivity contribution in [3.05, 3.63) is 29.8 Å². The van der Waals surface area contributed by atoms with E-state index in [2.05, 4.69) is 0 Å². The summed E-state index contributed by atoms with van der Waals surface area (Å²) in [4.78, 5) is 28.9. The number of carbonyl (C=O) groups excluding carboxylic acids is 2. The van der Waals surface area contributed by atoms with Crippen LogP contribution in [0.1, 0.15) is 31.2 Å². The summed E-state index contributed by atoms with van der Waals surface area (Å²) >= 11 is 0. The van der Waals surface area contributed by atoms with Crippen LogP contribution in [0.3, 0.4) is 0 Å². The number of carbonyl (C=O) groups is 2. The molecule has 1 aromatic rings. The molecule has 0 aromatic heterocycles. The van der Waals surface area contributed by atoms with Gasteiger partial charge < -0.3 is 9.80 Å². The van der Waals surface area contributed by atoms with Crippen LogP contribution in [0.15, 0.2) is 29.2 Å². The first kappa shape index (κ1) is 19.9. The Balaban J connectivity index is 1.42. The summed E-state index contributed by atoms with van der Waals surface area (Å²) in [6.45, 7) is 1.56. The smallest absolute Gasteiger partial charge is 0.245 e. The molecule has 1 aliphatic carbocycles. The highest BCUT2D eigenvalue weighted by molar-refractivity contribution is 7.89. The predicted molar refractivity (Wildman–Crippen MR) is 104 cm³/mol. The van der Waals surface area contributed by atoms with E-state index in [1.54, 1.807) is 21.9 Å². The molecule has 0 spiro atoms. The van der Waals surface area contributed by atoms with E-state index in [1.165, 1.54) is 16.4 Å². The number of nitrogens with zero attached hydrogens (tertiary/aromatic N) is 4. The van der Waals surface area contributed by atoms with Crippen molar-refractivity contribution in [3.63, 3.8) is 0 Å². The van der Waals surface area contributed by atoms with E-state index in [9.17, 15) is 23.3 Å². The summed E-state index contributed by atoms with van der Waals surface area (Å²) in [5.74, 6) is 0.103. The second-order valence-corrected chi connectivity index (χ2v) is 9.71. The fourth-order valence-corrected chi connectivity index (χ4v) is 5.70. The lowest BCUT2D eigenvalue weighted by molar-refractivity contribution is -0.145. The summed E-state index contributed by atoms with van der Waals surface area (Å²) < 4.78 is 27.2. The summed E-state index contributed by atoms with van der Waals surface area (Å²) in [5.41, 5.74) is 0.117. The number of nitriles is 1. The molecule has 1 saturated carbocycles. The number of amides is 2. The number of rotatable bonds is 4. The van der Waals surface area contributed by atoms with Crippen molar-refractivity contribution in [1.82, 2.24) is 14.1 Å². The van der Waals surface area contributed by atoms with Gasteiger partial charge in [-0.15, -0.1) is 0 Å². The molecule has 154 valence electrons. The van der Waals surface area contributed by atoms with E-state index in [4.69, 9.17) is 0 Å². The van der Waals surface area contributed by atoms with Gasteiger partial charge in [-0.1, -0.05) is 12.1 Å². The Morgan fingerprint density at radius 2 is 1.66 bits per heavy atom. The summed E-state index contributed by atoms with van der Waals surface area (Å²) in [6, 6.07) is 7.66. The summed E-state index contributed by atoms with van der Waals surface area (Å²) in [7, 11) is -3.79. The van der Waals surface area contributed by atoms with Crippen LogP contribution in [0.4, 0.5) is 0 Å². The molecule has 2 amide bonds. The minimum absolute atomic E-state index is 0.000672. The molecule has 0 bridgehead atoms. The van der Waals surface area contributed by atoms with E-state index in [1.807, 2.05) is 6.07 Å². The van der Waals surface area contributed by atoms with E-state index in [-0.39, 0.29) is 54.4 Å². The van der Waals surface area contributed by atoms with Crippen LogP contribution < -0.4 is 0 Å². The van der Waals surface area contributed by atoms with Crippen molar-refractivity contribution < 1.29 is 18.0 Å². The van der Waals surface area contributed by atoms with Crippen LogP contribution in [-0.2, 0) is 19.6 Å². The highest BCUT2D eigenvalue weighted by Crippen LogP contribution is 2.34. The van der Waals surface area contributed by atoms with Gasteiger partial charge in [-0.3, -0.25) is 9.59 Å². The highest BCUT2D eigenvalue weighted by atomic mass is 32.2. The van der Waals surface area contributed by atoms with Gasteiger partial charge in [0.15, 0.2) is 0 Å². The maximum Gasteiger partial charge on any atom is 0.245 e. The van der Waals surface area contributed by atoms with Crippen molar-refractivity contribution in [2.45, 2.75) is 36.6 Å². The second-order valence-electron chi connectivity index (χ2n) is 7.80. The molecule has 1 aromatic carbocycles. The van der Waals surface area contributed by atoms with Gasteiger partial charge in [0.1, 0.15) is 12.1 Å². The van der Waals surface area contributed by atoms with Crippen molar-refractivity contribution in [1.29, 1.82) is 5.26 Å². The number of benzene rings is 1. The maximum atomic E-state index is 13.0. The van der Waals surface area contributed by atoms with Gasteiger partial charge >= 0.3 is 0 Å². The van der Waals surface area contributed by atoms with Crippen LogP contribution in [0.2, 0.25) is 0 Å². The van der Waals surface area contributed by atoms with E-state index in [0.717, 1.165) is 19.3 Å². The lowest BCUT2D eigenvalue weighted by Gasteiger charge is -2.36. The Morgan fingerprint density at radius 1 is 0.966 bits per heavy atom. The summed E-state index contributed by atoms with van der Waals surface area (Å²) in [6.07, 6.45) is 3.33. The molecule has 2 aliphatic heterocycles. The average Bonchev–Trinajstić information content (AvgIpc) is 3.49. The zero-order valence-corrected chi connectivity index (χ0v) is 17.0. The lowest BCUT2D eigenvalue weighted by atomic mass is 10.1. The molecule has 0 N–H and O–H groups in total. The van der Waals surface area contributed by atoms with E-state index in [0.29, 0.717) is 13.0 Å². The normalized spacial score (nSPS) is 23.1. The van der Waals surface area contributed by atoms with Gasteiger partial charge in [-0.2, -0.15) is 9.57 Å². The number of hydrogen-bond donors (Lipinski definition) is 0. The van der Waals surface area contributed by atoms with Crippen molar-refractivity contribution in [2.75, 3.05) is 32.7 Å². The molecule has 0 radical (unpaired) electrons. The number of likely N-dealkylation sites (tertiary alicyclic amines) is 1. The van der Waals surface area contributed by atoms with Gasteiger partial charge in [-0.05, 0) is 37.8 Å². The van der Waals surface area contributed by atoms with Crippen LogP contribution in [-0.4, -0.2) is 73.1 Å². The molecule has 3 aliphatic rings. The van der Waals surface area contributed by atoms with Gasteiger partial charge in [0.05, 0.1) is 10.5 Å². The standard InChI is InChI=1S/C20H24N4O4S/c21-14-16-4-1-2-6-18(16)29(27,28)23-12-10-22(11-13-23)20(26)17-5-3-9-24(17)19(25)15-7-8-15/h1-2,4,6,15,17H,3,5,7-13H2. The van der Waals surface area contributed by atoms with Crippen molar-refractivity contribution >= 4 is 21.8 Å². The van der Waals surface area contributed by atoms with Crippen LogP contribution in [0.25, 0.3) is 0 Å². The maximum absolute atomic E-state index is 13.0. The fourth-order valence-electron chi connectivity index (χ4n) is 4.13. The minimum Gasteiger partial charge on any atom is -0.338 e. The van der Waals surface area contributed by atoms with Crippen LogP contribution >= 0.6 is 0 Å². The fraction of sp³-hybridized carbons (Fsp3) is 0.550. The average molecular weight is 417 g/mol. The molecule has 9 heteroatoms. The number of piperazine rings is 1. The SMILES string of the molecule is N#Cc1ccccc1S(=O)(=O)N1CCN(C(=O)C2CCCN2C(=O)C2CC2)CC1. The third kappa shape index (κ3) is 3.74. The molecule has 4 rings (SSSR count). The first-order valence-electron chi connectivity index (χ1n) is 10.0. The first-order valence-corrected chi connectivity index (χ1v) is 11.5. The number of sulfonamides is 1. The highest BCUT2D eigenvalue weighted by Gasteiger charge is 2.43. The van der Waals surface area contributed by atoms with Crippen LogP contribution in [0, 0.1) is 17.2 Å². The van der Waals surface area contributed by atoms with Crippen molar-refractivity contribution in [3.8, 4) is 6.07 Å². The molecule has 2 heterocycles. The molecule has 1 unspecified atom stereocenters. The molecular formula is C20H24N4O4S. The monoisotopic (exact) mass is 416 g/mol. The Kier molecular flexibility index (Phi) is 5.32. The molecular weight excluding hydrogens is 392 g/mol. The zero-order chi connectivity index (χ0) is 20.6. The number of hydrogen-bond acceptors (Lipinski definition) is 5. The van der Waals surface area contributed by atoms with Gasteiger partial charge in [0.25, 0.3) is 0 Å². The zero-order valence-electron chi connectivity index (χ0n) is 16.2. The van der Waals surface area contributed by atoms with Crippen molar-refractivity contribution in [2.24, 2.45) is 5.92 Å². The van der Waals surface area contributed by atoms with E-state index < -0.39 is 16.1 Å². The Bertz CT molecular complexity index is 959. The topological polar surface area (TPSA) is 102 Å². The Labute approximate surface area is 170 Å². The third-order valence-electron chi connectivity index (χ3n) is 5.92. The van der Waals surface area contributed by atoms with Gasteiger partial charge in [-0.25, -0.2) is 8.42 Å². The van der Waals surface area contributed by atoms with E-state index >= 15 is 0 Å². The van der Waals surface area contributed by atoms with Gasteiger partial charge in [0.2, 0.25) is 21.8 Å². The third-order valence-corrected chi connectivity index (χ3v) is 7.88. The molecule has 2 saturated heterocycles. The molecule has 29 heavy (non-hydrogen) atoms. The van der Waals surface area contributed by atoms with Gasteiger partial charge in [0, 0.05) is 38.6 Å². The quantitative estimate of drug-likeness (QED) is 0.722. The lowest BCUT2D eigenvalue weighted by Crippen LogP contribution is -2.55. The molecule has 8 nitrogen and oxygen atoms in total. The first-order chi connectivity index (χ1) is 13.9. The molecule has 1 atom stereocenters. The molecule has 3 fully saturated rings. The summed E-state index contributed by atoms with van der Waals surface area (Å²) in [5, 5.41) is 9.21. The largest absolute Gasteiger partial charge is 0.338 e. The second kappa shape index (κ2) is 7.76. The predicted octanol–water partition coefficient (Wildman–Crippen LogP) is 0.792. The Hall–Kier alpha value is -2.44. The van der Waals surface area contributed by atoms with Crippen LogP contribution in [0.5, 0.6) is 0 Å².